The predicted octanol–water partition coefficient (Wildman–Crippen LogP) is 2.92. The Hall–Kier alpha value is -1.02. The molecule has 22 heavy (non-hydrogen) atoms. The van der Waals surface area contributed by atoms with Gasteiger partial charge in [-0.15, -0.1) is 24.0 Å². The van der Waals surface area contributed by atoms with Crippen molar-refractivity contribution in [3.05, 3.63) is 29.8 Å². The molecule has 0 radical (unpaired) electrons. The summed E-state index contributed by atoms with van der Waals surface area (Å²) in [5.74, 6) is 1.25. The minimum atomic E-state index is -0.239. The highest BCUT2D eigenvalue weighted by atomic mass is 127. The number of aliphatic imine (C=N–C) groups is 1. The van der Waals surface area contributed by atoms with Gasteiger partial charge >= 0.3 is 0 Å². The van der Waals surface area contributed by atoms with Gasteiger partial charge in [0.1, 0.15) is 11.4 Å². The maximum atomic E-state index is 5.93. The number of nitrogens with two attached hydrogens (primary N) is 1. The molecule has 0 aliphatic heterocycles. The van der Waals surface area contributed by atoms with Crippen LogP contribution in [0, 0.1) is 0 Å². The standard InChI is InChI=1S/C16H27N3O2.HI/c1-12(11-20-5)19-15(17)18-10-13-8-6-7-9-14(13)21-16(2,3)4;/h6-9,12H,10-11H2,1-5H3,(H3,17,18,19);1H. The lowest BCUT2D eigenvalue weighted by molar-refractivity contribution is 0.129. The van der Waals surface area contributed by atoms with Gasteiger partial charge in [0.2, 0.25) is 0 Å². The average Bonchev–Trinajstić information content (AvgIpc) is 2.36. The second-order valence-electron chi connectivity index (χ2n) is 6.02. The van der Waals surface area contributed by atoms with Crippen molar-refractivity contribution in [2.75, 3.05) is 13.7 Å². The third-order valence-electron chi connectivity index (χ3n) is 2.62. The number of hydrogen-bond acceptors (Lipinski definition) is 3. The highest BCUT2D eigenvalue weighted by Crippen LogP contribution is 2.23. The Morgan fingerprint density at radius 2 is 1.95 bits per heavy atom. The van der Waals surface area contributed by atoms with Gasteiger partial charge in [0, 0.05) is 18.7 Å². The summed E-state index contributed by atoms with van der Waals surface area (Å²) in [5, 5.41) is 3.08. The lowest BCUT2D eigenvalue weighted by Crippen LogP contribution is -2.40. The van der Waals surface area contributed by atoms with E-state index in [4.69, 9.17) is 15.2 Å². The number of methoxy groups -OCH3 is 1. The molecule has 0 bridgehead atoms. The SMILES string of the molecule is COCC(C)NC(N)=NCc1ccccc1OC(C)(C)C.I. The molecule has 126 valence electrons. The molecule has 0 saturated carbocycles. The lowest BCUT2D eigenvalue weighted by Gasteiger charge is -2.23. The van der Waals surface area contributed by atoms with Gasteiger partial charge in [0.25, 0.3) is 0 Å². The van der Waals surface area contributed by atoms with Crippen LogP contribution >= 0.6 is 24.0 Å². The number of hydrogen-bond donors (Lipinski definition) is 2. The molecule has 6 heteroatoms. The van der Waals surface area contributed by atoms with Crippen molar-refractivity contribution >= 4 is 29.9 Å². The summed E-state index contributed by atoms with van der Waals surface area (Å²) < 4.78 is 11.0. The largest absolute Gasteiger partial charge is 0.488 e. The van der Waals surface area contributed by atoms with Crippen LogP contribution in [-0.2, 0) is 11.3 Å². The van der Waals surface area contributed by atoms with Gasteiger partial charge < -0.3 is 20.5 Å². The van der Waals surface area contributed by atoms with E-state index in [9.17, 15) is 0 Å². The fourth-order valence-corrected chi connectivity index (χ4v) is 1.82. The van der Waals surface area contributed by atoms with Gasteiger partial charge in [-0.3, -0.25) is 0 Å². The van der Waals surface area contributed by atoms with Crippen LogP contribution in [0.3, 0.4) is 0 Å². The molecule has 0 spiro atoms. The summed E-state index contributed by atoms with van der Waals surface area (Å²) in [6, 6.07) is 8.00. The quantitative estimate of drug-likeness (QED) is 0.421. The van der Waals surface area contributed by atoms with Gasteiger partial charge in [-0.1, -0.05) is 18.2 Å². The first kappa shape index (κ1) is 21.0. The van der Waals surface area contributed by atoms with E-state index in [0.29, 0.717) is 19.1 Å². The van der Waals surface area contributed by atoms with Gasteiger partial charge in [-0.05, 0) is 33.8 Å². The maximum Gasteiger partial charge on any atom is 0.189 e. The van der Waals surface area contributed by atoms with Crippen LogP contribution in [0.4, 0.5) is 0 Å². The fraction of sp³-hybridized carbons (Fsp3) is 0.562. The Bertz CT molecular complexity index is 473. The van der Waals surface area contributed by atoms with Crippen LogP contribution in [-0.4, -0.2) is 31.3 Å². The Labute approximate surface area is 150 Å². The van der Waals surface area contributed by atoms with Crippen molar-refractivity contribution in [2.45, 2.75) is 45.9 Å². The smallest absolute Gasteiger partial charge is 0.189 e. The van der Waals surface area contributed by atoms with E-state index < -0.39 is 0 Å². The second-order valence-corrected chi connectivity index (χ2v) is 6.02. The van der Waals surface area contributed by atoms with Crippen molar-refractivity contribution in [3.63, 3.8) is 0 Å². The Morgan fingerprint density at radius 3 is 2.55 bits per heavy atom. The van der Waals surface area contributed by atoms with Crippen LogP contribution < -0.4 is 15.8 Å². The number of ether oxygens (including phenoxy) is 2. The number of halogens is 1. The second kappa shape index (κ2) is 9.89. The summed E-state index contributed by atoms with van der Waals surface area (Å²) in [7, 11) is 1.66. The van der Waals surface area contributed by atoms with E-state index in [1.165, 1.54) is 0 Å². The summed E-state index contributed by atoms with van der Waals surface area (Å²) in [6.45, 7) is 9.12. The van der Waals surface area contributed by atoms with Crippen molar-refractivity contribution in [1.82, 2.24) is 5.32 Å². The van der Waals surface area contributed by atoms with Crippen LogP contribution in [0.5, 0.6) is 5.75 Å². The maximum absolute atomic E-state index is 5.93. The van der Waals surface area contributed by atoms with Crippen molar-refractivity contribution in [2.24, 2.45) is 10.7 Å². The monoisotopic (exact) mass is 421 g/mol. The van der Waals surface area contributed by atoms with Crippen LogP contribution in [0.15, 0.2) is 29.3 Å². The van der Waals surface area contributed by atoms with Gasteiger partial charge in [-0.25, -0.2) is 4.99 Å². The minimum absolute atomic E-state index is 0. The average molecular weight is 421 g/mol. The molecule has 0 aliphatic rings. The number of rotatable bonds is 6. The fourth-order valence-electron chi connectivity index (χ4n) is 1.82. The van der Waals surface area contributed by atoms with Gasteiger partial charge in [-0.2, -0.15) is 0 Å². The molecule has 5 nitrogen and oxygen atoms in total. The van der Waals surface area contributed by atoms with E-state index in [2.05, 4.69) is 10.3 Å². The third-order valence-corrected chi connectivity index (χ3v) is 2.62. The Balaban J connectivity index is 0.00000441. The number of nitrogens with zero attached hydrogens (tertiary/aromatic N) is 1. The van der Waals surface area contributed by atoms with E-state index in [1.807, 2.05) is 52.0 Å². The van der Waals surface area contributed by atoms with Gasteiger partial charge in [0.15, 0.2) is 5.96 Å². The Morgan fingerprint density at radius 1 is 1.32 bits per heavy atom. The van der Waals surface area contributed by atoms with Crippen molar-refractivity contribution in [3.8, 4) is 5.75 Å². The molecule has 1 aromatic carbocycles. The highest BCUT2D eigenvalue weighted by molar-refractivity contribution is 14.0. The first-order chi connectivity index (χ1) is 9.81. The van der Waals surface area contributed by atoms with Gasteiger partial charge in [0.05, 0.1) is 13.2 Å². The summed E-state index contributed by atoms with van der Waals surface area (Å²) in [6.07, 6.45) is 0. The van der Waals surface area contributed by atoms with Crippen molar-refractivity contribution in [1.29, 1.82) is 0 Å². The molecule has 0 aliphatic carbocycles. The molecule has 1 rings (SSSR count). The number of guanidine groups is 1. The lowest BCUT2D eigenvalue weighted by atomic mass is 10.1. The normalized spacial score (nSPS) is 13.2. The molecule has 0 heterocycles. The first-order valence-electron chi connectivity index (χ1n) is 7.14. The van der Waals surface area contributed by atoms with E-state index >= 15 is 0 Å². The topological polar surface area (TPSA) is 68.9 Å². The third kappa shape index (κ3) is 8.43. The molecule has 0 aromatic heterocycles. The molecular weight excluding hydrogens is 393 g/mol. The van der Waals surface area contributed by atoms with Crippen LogP contribution in [0.2, 0.25) is 0 Å². The molecule has 1 unspecified atom stereocenters. The number of nitrogens with one attached hydrogen (secondary N) is 1. The minimum Gasteiger partial charge on any atom is -0.488 e. The Kier molecular flexibility index (Phi) is 9.43. The highest BCUT2D eigenvalue weighted by Gasteiger charge is 2.14. The van der Waals surface area contributed by atoms with Crippen molar-refractivity contribution < 1.29 is 9.47 Å². The molecule has 0 saturated heterocycles. The summed E-state index contributed by atoms with van der Waals surface area (Å²) in [4.78, 5) is 4.36. The predicted molar refractivity (Wildman–Crippen MR) is 102 cm³/mol. The number of para-hydroxylation sites is 1. The molecular formula is C16H28IN3O2. The number of benzene rings is 1. The molecule has 0 fully saturated rings. The zero-order valence-electron chi connectivity index (χ0n) is 14.1. The van der Waals surface area contributed by atoms with E-state index in [0.717, 1.165) is 11.3 Å². The van der Waals surface area contributed by atoms with Crippen LogP contribution in [0.25, 0.3) is 0 Å². The molecule has 0 amide bonds. The van der Waals surface area contributed by atoms with E-state index in [1.54, 1.807) is 7.11 Å². The summed E-state index contributed by atoms with van der Waals surface area (Å²) in [5.41, 5.74) is 6.64. The first-order valence-corrected chi connectivity index (χ1v) is 7.14. The molecule has 3 N–H and O–H groups in total. The molecule has 1 atom stereocenters. The zero-order valence-corrected chi connectivity index (χ0v) is 16.4. The van der Waals surface area contributed by atoms with Crippen LogP contribution in [0.1, 0.15) is 33.3 Å². The zero-order chi connectivity index (χ0) is 15.9. The van der Waals surface area contributed by atoms with E-state index in [-0.39, 0.29) is 35.6 Å². The summed E-state index contributed by atoms with van der Waals surface area (Å²) >= 11 is 0. The molecule has 1 aromatic rings.